The Morgan fingerprint density at radius 1 is 1.30 bits per heavy atom. The Bertz CT molecular complexity index is 283. The van der Waals surface area contributed by atoms with Crippen LogP contribution >= 0.6 is 11.8 Å². The first-order valence-corrected chi connectivity index (χ1v) is 3.92. The number of allylic oxidation sites excluding steroid dienone is 2. The van der Waals surface area contributed by atoms with Gasteiger partial charge in [0.05, 0.1) is 11.2 Å². The first-order chi connectivity index (χ1) is 4.97. The highest BCUT2D eigenvalue weighted by Gasteiger charge is 2.02. The third-order valence-corrected chi connectivity index (χ3v) is 2.17. The van der Waals surface area contributed by atoms with Crippen molar-refractivity contribution in [3.8, 4) is 0 Å². The lowest BCUT2D eigenvalue weighted by Gasteiger charge is -1.87. The molecule has 0 radical (unpaired) electrons. The Balaban J connectivity index is 2.50. The lowest BCUT2D eigenvalue weighted by atomic mass is 10.4. The second kappa shape index (κ2) is 2.39. The van der Waals surface area contributed by atoms with Gasteiger partial charge in [-0.15, -0.1) is 0 Å². The van der Waals surface area contributed by atoms with Crippen molar-refractivity contribution in [1.29, 1.82) is 0 Å². The molecule has 2 heteroatoms. The van der Waals surface area contributed by atoms with Crippen LogP contribution in [-0.4, -0.2) is 0 Å². The molecule has 0 saturated heterocycles. The zero-order valence-corrected chi connectivity index (χ0v) is 6.10. The molecular weight excluding hydrogens is 144 g/mol. The Morgan fingerprint density at radius 3 is 3.30 bits per heavy atom. The number of hydrogen-bond donors (Lipinski definition) is 0. The van der Waals surface area contributed by atoms with Gasteiger partial charge in [0.15, 0.2) is 0 Å². The van der Waals surface area contributed by atoms with Gasteiger partial charge >= 0.3 is 0 Å². The van der Waals surface area contributed by atoms with Gasteiger partial charge in [0.1, 0.15) is 5.76 Å². The maximum Gasteiger partial charge on any atom is 0.140 e. The summed E-state index contributed by atoms with van der Waals surface area (Å²) in [5.74, 6) is 0.954. The van der Waals surface area contributed by atoms with Crippen LogP contribution in [-0.2, 0) is 0 Å². The fraction of sp³-hybridized carbons (Fsp3) is 0. The second-order valence-corrected chi connectivity index (χ2v) is 2.90. The smallest absolute Gasteiger partial charge is 0.140 e. The van der Waals surface area contributed by atoms with Crippen LogP contribution in [0.2, 0.25) is 0 Å². The van der Waals surface area contributed by atoms with Gasteiger partial charge < -0.3 is 4.42 Å². The minimum atomic E-state index is 0.954. The summed E-state index contributed by atoms with van der Waals surface area (Å²) in [6.45, 7) is 0. The van der Waals surface area contributed by atoms with Crippen molar-refractivity contribution in [3.63, 3.8) is 0 Å². The molecular formula is C8H6OS. The van der Waals surface area contributed by atoms with Gasteiger partial charge in [0.2, 0.25) is 0 Å². The summed E-state index contributed by atoms with van der Waals surface area (Å²) in [4.78, 5) is 1.19. The predicted molar refractivity (Wildman–Crippen MR) is 42.7 cm³/mol. The van der Waals surface area contributed by atoms with E-state index in [-0.39, 0.29) is 0 Å². The van der Waals surface area contributed by atoms with E-state index in [1.54, 1.807) is 18.0 Å². The number of furan rings is 1. The molecule has 0 amide bonds. The first-order valence-electron chi connectivity index (χ1n) is 3.04. The Labute approximate surface area is 63.4 Å². The third-order valence-electron chi connectivity index (χ3n) is 1.29. The molecule has 0 spiro atoms. The fourth-order valence-electron chi connectivity index (χ4n) is 0.829. The highest BCUT2D eigenvalue weighted by Crippen LogP contribution is 2.27. The standard InChI is InChI=1S/C8H6OS/c1-2-6-10-8-4-5-9-7(8)3-1/h1-6H. The number of hydrogen-bond acceptors (Lipinski definition) is 2. The van der Waals surface area contributed by atoms with E-state index >= 15 is 0 Å². The minimum absolute atomic E-state index is 0.954. The summed E-state index contributed by atoms with van der Waals surface area (Å²) >= 11 is 1.68. The van der Waals surface area contributed by atoms with Crippen molar-refractivity contribution in [3.05, 3.63) is 35.6 Å². The fourth-order valence-corrected chi connectivity index (χ4v) is 1.51. The van der Waals surface area contributed by atoms with Crippen molar-refractivity contribution in [1.82, 2.24) is 0 Å². The molecule has 0 unspecified atom stereocenters. The number of fused-ring (bicyclic) bond motifs is 1. The maximum atomic E-state index is 5.19. The monoisotopic (exact) mass is 150 g/mol. The quantitative estimate of drug-likeness (QED) is 0.564. The molecule has 1 aromatic rings. The van der Waals surface area contributed by atoms with Crippen LogP contribution in [0.25, 0.3) is 6.08 Å². The average molecular weight is 150 g/mol. The summed E-state index contributed by atoms with van der Waals surface area (Å²) in [5.41, 5.74) is 0. The number of rotatable bonds is 0. The summed E-state index contributed by atoms with van der Waals surface area (Å²) in [6, 6.07) is 1.97. The van der Waals surface area contributed by atoms with E-state index in [2.05, 4.69) is 0 Å². The Hall–Kier alpha value is -0.890. The SMILES string of the molecule is C1=CSc2ccoc2C=C1. The molecule has 1 aliphatic heterocycles. The number of thioether (sulfide) groups is 1. The van der Waals surface area contributed by atoms with E-state index in [1.165, 1.54) is 4.90 Å². The van der Waals surface area contributed by atoms with Crippen molar-refractivity contribution >= 4 is 17.8 Å². The predicted octanol–water partition coefficient (Wildman–Crippen LogP) is 2.91. The first kappa shape index (κ1) is 5.86. The van der Waals surface area contributed by atoms with Crippen LogP contribution in [0.3, 0.4) is 0 Å². The van der Waals surface area contributed by atoms with Crippen molar-refractivity contribution in [2.45, 2.75) is 4.90 Å². The molecule has 0 aromatic carbocycles. The maximum absolute atomic E-state index is 5.19. The summed E-state index contributed by atoms with van der Waals surface area (Å²) in [7, 11) is 0. The van der Waals surface area contributed by atoms with Crippen LogP contribution < -0.4 is 0 Å². The lowest BCUT2D eigenvalue weighted by Crippen LogP contribution is -1.63. The average Bonchev–Trinajstić information content (AvgIpc) is 2.28. The molecule has 0 aliphatic carbocycles. The molecule has 0 atom stereocenters. The third kappa shape index (κ3) is 0.907. The molecule has 0 fully saturated rings. The van der Waals surface area contributed by atoms with Crippen LogP contribution in [0.5, 0.6) is 0 Å². The Morgan fingerprint density at radius 2 is 2.30 bits per heavy atom. The van der Waals surface area contributed by atoms with Gasteiger partial charge in [-0.05, 0) is 17.6 Å². The van der Waals surface area contributed by atoms with Crippen LogP contribution in [0.4, 0.5) is 0 Å². The van der Waals surface area contributed by atoms with E-state index in [1.807, 2.05) is 29.7 Å². The van der Waals surface area contributed by atoms with Crippen LogP contribution in [0.1, 0.15) is 5.76 Å². The van der Waals surface area contributed by atoms with Gasteiger partial charge in [-0.2, -0.15) is 0 Å². The zero-order chi connectivity index (χ0) is 6.81. The van der Waals surface area contributed by atoms with Gasteiger partial charge in [0, 0.05) is 0 Å². The summed E-state index contributed by atoms with van der Waals surface area (Å²) < 4.78 is 5.19. The van der Waals surface area contributed by atoms with Gasteiger partial charge in [-0.25, -0.2) is 0 Å². The van der Waals surface area contributed by atoms with E-state index in [9.17, 15) is 0 Å². The molecule has 50 valence electrons. The zero-order valence-electron chi connectivity index (χ0n) is 5.28. The molecule has 0 N–H and O–H groups in total. The van der Waals surface area contributed by atoms with Crippen molar-refractivity contribution in [2.24, 2.45) is 0 Å². The van der Waals surface area contributed by atoms with Crippen LogP contribution in [0, 0.1) is 0 Å². The molecule has 1 aromatic heterocycles. The molecule has 0 saturated carbocycles. The highest BCUT2D eigenvalue weighted by atomic mass is 32.2. The molecule has 10 heavy (non-hydrogen) atoms. The van der Waals surface area contributed by atoms with E-state index in [0.717, 1.165) is 5.76 Å². The van der Waals surface area contributed by atoms with Gasteiger partial charge in [0.25, 0.3) is 0 Å². The molecule has 2 heterocycles. The van der Waals surface area contributed by atoms with E-state index in [0.29, 0.717) is 0 Å². The summed E-state index contributed by atoms with van der Waals surface area (Å²) in [5, 5.41) is 2.04. The topological polar surface area (TPSA) is 13.1 Å². The highest BCUT2D eigenvalue weighted by molar-refractivity contribution is 8.02. The van der Waals surface area contributed by atoms with E-state index in [4.69, 9.17) is 4.42 Å². The van der Waals surface area contributed by atoms with Crippen molar-refractivity contribution in [2.75, 3.05) is 0 Å². The molecule has 1 aliphatic rings. The van der Waals surface area contributed by atoms with Gasteiger partial charge in [-0.3, -0.25) is 0 Å². The summed E-state index contributed by atoms with van der Waals surface area (Å²) in [6.07, 6.45) is 7.65. The van der Waals surface area contributed by atoms with Gasteiger partial charge in [-0.1, -0.05) is 23.9 Å². The van der Waals surface area contributed by atoms with Crippen LogP contribution in [0.15, 0.2) is 39.2 Å². The van der Waals surface area contributed by atoms with Crippen molar-refractivity contribution < 1.29 is 4.42 Å². The normalized spacial score (nSPS) is 14.8. The second-order valence-electron chi connectivity index (χ2n) is 1.95. The van der Waals surface area contributed by atoms with E-state index < -0.39 is 0 Å². The molecule has 0 bridgehead atoms. The molecule has 2 rings (SSSR count). The Kier molecular flexibility index (Phi) is 1.40. The molecule has 1 nitrogen and oxygen atoms in total. The minimum Gasteiger partial charge on any atom is -0.464 e. The lowest BCUT2D eigenvalue weighted by molar-refractivity contribution is 0.551. The largest absolute Gasteiger partial charge is 0.464 e.